The summed E-state index contributed by atoms with van der Waals surface area (Å²) in [5.41, 5.74) is 1.85. The van der Waals surface area contributed by atoms with Gasteiger partial charge in [-0.25, -0.2) is 4.98 Å². The van der Waals surface area contributed by atoms with Crippen LogP contribution in [-0.2, 0) is 23.6 Å². The zero-order valence-electron chi connectivity index (χ0n) is 15.4. The van der Waals surface area contributed by atoms with Crippen LogP contribution in [0.2, 0.25) is 0 Å². The van der Waals surface area contributed by atoms with Crippen LogP contribution in [0.3, 0.4) is 0 Å². The molecule has 4 rings (SSSR count). The van der Waals surface area contributed by atoms with Crippen molar-refractivity contribution in [1.82, 2.24) is 19.3 Å². The number of imidazole rings is 1. The SMILES string of the molecule is COc1ccc(Cn2nc(NS(=O)(=O)c3cn(C)cn3)c3ccccc32)cc1. The fourth-order valence-electron chi connectivity index (χ4n) is 2.93. The summed E-state index contributed by atoms with van der Waals surface area (Å²) in [7, 11) is -0.492. The molecule has 144 valence electrons. The number of benzene rings is 2. The maximum absolute atomic E-state index is 12.6. The number of nitrogens with zero attached hydrogens (tertiary/aromatic N) is 4. The smallest absolute Gasteiger partial charge is 0.282 e. The number of hydrogen-bond acceptors (Lipinski definition) is 5. The first-order chi connectivity index (χ1) is 13.5. The van der Waals surface area contributed by atoms with Crippen LogP contribution in [-0.4, -0.2) is 34.9 Å². The van der Waals surface area contributed by atoms with Crippen molar-refractivity contribution in [3.8, 4) is 5.75 Å². The van der Waals surface area contributed by atoms with Gasteiger partial charge in [-0.2, -0.15) is 13.5 Å². The highest BCUT2D eigenvalue weighted by Crippen LogP contribution is 2.26. The molecule has 0 atom stereocenters. The highest BCUT2D eigenvalue weighted by Gasteiger charge is 2.21. The van der Waals surface area contributed by atoms with Crippen molar-refractivity contribution in [2.45, 2.75) is 11.6 Å². The number of sulfonamides is 1. The molecule has 0 aliphatic carbocycles. The Hall–Kier alpha value is -3.33. The molecule has 0 aliphatic rings. The minimum Gasteiger partial charge on any atom is -0.497 e. The Bertz CT molecular complexity index is 1230. The van der Waals surface area contributed by atoms with Crippen molar-refractivity contribution in [2.24, 2.45) is 7.05 Å². The van der Waals surface area contributed by atoms with E-state index in [1.165, 1.54) is 12.5 Å². The van der Waals surface area contributed by atoms with E-state index in [0.29, 0.717) is 6.54 Å². The summed E-state index contributed by atoms with van der Waals surface area (Å²) in [6.45, 7) is 0.496. The van der Waals surface area contributed by atoms with Crippen LogP contribution in [0.5, 0.6) is 5.75 Å². The van der Waals surface area contributed by atoms with E-state index in [1.54, 1.807) is 23.4 Å². The molecule has 0 radical (unpaired) electrons. The minimum absolute atomic E-state index is 0.0521. The molecule has 4 aromatic rings. The van der Waals surface area contributed by atoms with Crippen LogP contribution >= 0.6 is 0 Å². The third-order valence-corrected chi connectivity index (χ3v) is 5.56. The fourth-order valence-corrected chi connectivity index (χ4v) is 3.94. The monoisotopic (exact) mass is 397 g/mol. The van der Waals surface area contributed by atoms with Gasteiger partial charge in [-0.3, -0.25) is 9.40 Å². The van der Waals surface area contributed by atoms with Crippen LogP contribution in [0, 0.1) is 0 Å². The summed E-state index contributed by atoms with van der Waals surface area (Å²) in [5, 5.41) is 5.17. The second-order valence-electron chi connectivity index (χ2n) is 6.35. The number of aromatic nitrogens is 4. The summed E-state index contributed by atoms with van der Waals surface area (Å²) in [6.07, 6.45) is 2.88. The van der Waals surface area contributed by atoms with Crippen molar-refractivity contribution in [3.63, 3.8) is 0 Å². The molecule has 9 heteroatoms. The Labute approximate surface area is 162 Å². The van der Waals surface area contributed by atoms with Crippen molar-refractivity contribution in [2.75, 3.05) is 11.8 Å². The predicted molar refractivity (Wildman–Crippen MR) is 106 cm³/mol. The third-order valence-electron chi connectivity index (χ3n) is 4.34. The maximum Gasteiger partial charge on any atom is 0.282 e. The third kappa shape index (κ3) is 3.44. The lowest BCUT2D eigenvalue weighted by Gasteiger charge is -2.05. The number of methoxy groups -OCH3 is 1. The molecule has 0 spiro atoms. The standard InChI is InChI=1S/C19H19N5O3S/c1-23-12-18(20-13-23)28(25,26)22-19-16-5-3-4-6-17(16)24(21-19)11-14-7-9-15(27-2)10-8-14/h3-10,12-13H,11H2,1-2H3,(H,21,22). The first-order valence-electron chi connectivity index (χ1n) is 8.55. The van der Waals surface area contributed by atoms with Crippen molar-refractivity contribution in [3.05, 3.63) is 66.6 Å². The zero-order chi connectivity index (χ0) is 19.7. The number of rotatable bonds is 6. The van der Waals surface area contributed by atoms with E-state index in [0.717, 1.165) is 22.2 Å². The summed E-state index contributed by atoms with van der Waals surface area (Å²) >= 11 is 0. The zero-order valence-corrected chi connectivity index (χ0v) is 16.2. The normalized spacial score (nSPS) is 11.6. The number of hydrogen-bond donors (Lipinski definition) is 1. The van der Waals surface area contributed by atoms with E-state index in [9.17, 15) is 8.42 Å². The van der Waals surface area contributed by atoms with Gasteiger partial charge in [0, 0.05) is 18.6 Å². The second kappa shape index (κ2) is 7.01. The lowest BCUT2D eigenvalue weighted by Crippen LogP contribution is -2.14. The lowest BCUT2D eigenvalue weighted by atomic mass is 10.2. The van der Waals surface area contributed by atoms with E-state index < -0.39 is 10.0 Å². The molecule has 2 heterocycles. The molecule has 1 N–H and O–H groups in total. The molecule has 2 aromatic heterocycles. The molecule has 2 aromatic carbocycles. The Morgan fingerprint density at radius 3 is 2.54 bits per heavy atom. The van der Waals surface area contributed by atoms with Crippen molar-refractivity contribution < 1.29 is 13.2 Å². The van der Waals surface area contributed by atoms with Crippen LogP contribution in [0.15, 0.2) is 66.1 Å². The minimum atomic E-state index is -3.83. The van der Waals surface area contributed by atoms with Gasteiger partial charge in [-0.15, -0.1) is 0 Å². The average molecular weight is 397 g/mol. The predicted octanol–water partition coefficient (Wildman–Crippen LogP) is 2.63. The Morgan fingerprint density at radius 2 is 1.86 bits per heavy atom. The quantitative estimate of drug-likeness (QED) is 0.540. The number of ether oxygens (including phenoxy) is 1. The molecule has 0 saturated carbocycles. The highest BCUT2D eigenvalue weighted by molar-refractivity contribution is 7.92. The fraction of sp³-hybridized carbons (Fsp3) is 0.158. The van der Waals surface area contributed by atoms with Crippen LogP contribution in [0.25, 0.3) is 10.9 Å². The molecule has 0 bridgehead atoms. The number of nitrogens with one attached hydrogen (secondary N) is 1. The second-order valence-corrected chi connectivity index (χ2v) is 7.98. The van der Waals surface area contributed by atoms with Gasteiger partial charge in [0.05, 0.1) is 25.5 Å². The van der Waals surface area contributed by atoms with Gasteiger partial charge in [0.25, 0.3) is 10.0 Å². The Balaban J connectivity index is 1.70. The largest absolute Gasteiger partial charge is 0.497 e. The molecule has 8 nitrogen and oxygen atoms in total. The van der Waals surface area contributed by atoms with Gasteiger partial charge in [0.2, 0.25) is 0 Å². The van der Waals surface area contributed by atoms with Gasteiger partial charge >= 0.3 is 0 Å². The average Bonchev–Trinajstić information content (AvgIpc) is 3.27. The first-order valence-corrected chi connectivity index (χ1v) is 10.0. The summed E-state index contributed by atoms with van der Waals surface area (Å²) < 4.78 is 36.4. The topological polar surface area (TPSA) is 91.0 Å². The maximum atomic E-state index is 12.6. The van der Waals surface area contributed by atoms with Crippen LogP contribution in [0.4, 0.5) is 5.82 Å². The Morgan fingerprint density at radius 1 is 1.11 bits per heavy atom. The van der Waals surface area contributed by atoms with Gasteiger partial charge < -0.3 is 9.30 Å². The number of anilines is 1. The molecule has 0 fully saturated rings. The Kier molecular flexibility index (Phi) is 4.52. The number of fused-ring (bicyclic) bond motifs is 1. The summed E-state index contributed by atoms with van der Waals surface area (Å²) in [6, 6.07) is 15.1. The molecule has 0 unspecified atom stereocenters. The van der Waals surface area contributed by atoms with Crippen molar-refractivity contribution >= 4 is 26.7 Å². The number of aryl methyl sites for hydroxylation is 1. The van der Waals surface area contributed by atoms with E-state index in [4.69, 9.17) is 4.74 Å². The summed E-state index contributed by atoms with van der Waals surface area (Å²) in [4.78, 5) is 3.92. The van der Waals surface area contributed by atoms with Gasteiger partial charge in [0.1, 0.15) is 5.75 Å². The van der Waals surface area contributed by atoms with Crippen LogP contribution in [0.1, 0.15) is 5.56 Å². The lowest BCUT2D eigenvalue weighted by molar-refractivity contribution is 0.414. The van der Waals surface area contributed by atoms with Gasteiger partial charge in [-0.05, 0) is 29.8 Å². The molecular formula is C19H19N5O3S. The van der Waals surface area contributed by atoms with Crippen LogP contribution < -0.4 is 9.46 Å². The molecule has 0 saturated heterocycles. The molecule has 28 heavy (non-hydrogen) atoms. The summed E-state index contributed by atoms with van der Waals surface area (Å²) in [5.74, 6) is 1.05. The molecule has 0 aliphatic heterocycles. The van der Waals surface area contributed by atoms with E-state index in [-0.39, 0.29) is 10.8 Å². The first kappa shape index (κ1) is 18.1. The molecule has 0 amide bonds. The van der Waals surface area contributed by atoms with E-state index in [2.05, 4.69) is 14.8 Å². The van der Waals surface area contributed by atoms with Gasteiger partial charge in [0.15, 0.2) is 10.8 Å². The molecular weight excluding hydrogens is 378 g/mol. The van der Waals surface area contributed by atoms with Gasteiger partial charge in [-0.1, -0.05) is 24.3 Å². The highest BCUT2D eigenvalue weighted by atomic mass is 32.2. The van der Waals surface area contributed by atoms with E-state index >= 15 is 0 Å². The van der Waals surface area contributed by atoms with Crippen molar-refractivity contribution in [1.29, 1.82) is 0 Å². The van der Waals surface area contributed by atoms with E-state index in [1.807, 2.05) is 48.5 Å². The number of para-hydroxylation sites is 1.